The van der Waals surface area contributed by atoms with Crippen molar-refractivity contribution in [1.29, 1.82) is 5.26 Å². The van der Waals surface area contributed by atoms with E-state index in [1.165, 1.54) is 0 Å². The van der Waals surface area contributed by atoms with E-state index in [9.17, 15) is 10.1 Å². The summed E-state index contributed by atoms with van der Waals surface area (Å²) in [6.45, 7) is 2.27. The number of nitriles is 1. The molecule has 0 spiro atoms. The minimum atomic E-state index is -0.420. The number of benzene rings is 3. The molecule has 0 fully saturated rings. The number of amides is 1. The van der Waals surface area contributed by atoms with Crippen molar-refractivity contribution in [2.24, 2.45) is 0 Å². The third kappa shape index (κ3) is 5.82. The highest BCUT2D eigenvalue weighted by Crippen LogP contribution is 2.23. The van der Waals surface area contributed by atoms with E-state index in [4.69, 9.17) is 4.74 Å². The van der Waals surface area contributed by atoms with Crippen molar-refractivity contribution < 1.29 is 9.53 Å². The van der Waals surface area contributed by atoms with Gasteiger partial charge in [-0.3, -0.25) is 4.79 Å². The van der Waals surface area contributed by atoms with Gasteiger partial charge in [0.15, 0.2) is 0 Å². The maximum absolute atomic E-state index is 12.6. The molecule has 0 aliphatic heterocycles. The largest absolute Gasteiger partial charge is 0.488 e. The van der Waals surface area contributed by atoms with Crippen LogP contribution in [0, 0.1) is 11.3 Å². The summed E-state index contributed by atoms with van der Waals surface area (Å²) in [5.41, 5.74) is 2.69. The second-order valence-corrected chi connectivity index (χ2v) is 7.64. The lowest BCUT2D eigenvalue weighted by molar-refractivity contribution is -0.117. The Labute approximate surface area is 184 Å². The van der Waals surface area contributed by atoms with E-state index >= 15 is 0 Å². The number of para-hydroxylation sites is 1. The van der Waals surface area contributed by atoms with Gasteiger partial charge in [0.05, 0.1) is 6.04 Å². The summed E-state index contributed by atoms with van der Waals surface area (Å²) in [5, 5.41) is 12.4. The lowest BCUT2D eigenvalue weighted by Crippen LogP contribution is -2.27. The Balaban J connectivity index is 1.74. The average molecular weight is 461 g/mol. The molecule has 0 unspecified atom stereocenters. The molecule has 1 amide bonds. The molecule has 0 heterocycles. The lowest BCUT2D eigenvalue weighted by atomic mass is 10.1. The summed E-state index contributed by atoms with van der Waals surface area (Å²) in [6, 6.07) is 26.6. The van der Waals surface area contributed by atoms with Crippen LogP contribution in [0.3, 0.4) is 0 Å². The monoisotopic (exact) mass is 460 g/mol. The fourth-order valence-corrected chi connectivity index (χ4v) is 3.14. The van der Waals surface area contributed by atoms with Crippen LogP contribution in [0.15, 0.2) is 88.9 Å². The Hall–Kier alpha value is -3.36. The molecule has 30 heavy (non-hydrogen) atoms. The molecule has 0 aliphatic rings. The highest BCUT2D eigenvalue weighted by molar-refractivity contribution is 9.10. The van der Waals surface area contributed by atoms with Crippen molar-refractivity contribution in [3.63, 3.8) is 0 Å². The lowest BCUT2D eigenvalue weighted by Gasteiger charge is -2.14. The number of carbonyl (C=O) groups excluding carboxylic acids is 1. The Morgan fingerprint density at radius 3 is 2.43 bits per heavy atom. The molecule has 0 saturated heterocycles. The number of hydrogen-bond acceptors (Lipinski definition) is 3. The zero-order valence-corrected chi connectivity index (χ0v) is 18.1. The van der Waals surface area contributed by atoms with Crippen molar-refractivity contribution >= 4 is 27.9 Å². The Bertz CT molecular complexity index is 1070. The van der Waals surface area contributed by atoms with E-state index in [1.807, 2.05) is 91.9 Å². The van der Waals surface area contributed by atoms with Crippen molar-refractivity contribution in [2.45, 2.75) is 19.6 Å². The molecule has 0 saturated carbocycles. The minimum Gasteiger partial charge on any atom is -0.488 e. The van der Waals surface area contributed by atoms with E-state index in [1.54, 1.807) is 6.08 Å². The fraction of sp³-hybridized carbons (Fsp3) is 0.120. The van der Waals surface area contributed by atoms with Crippen LogP contribution < -0.4 is 10.1 Å². The Kier molecular flexibility index (Phi) is 7.42. The topological polar surface area (TPSA) is 62.1 Å². The molecular weight excluding hydrogens is 440 g/mol. The number of carbonyl (C=O) groups is 1. The number of nitrogens with zero attached hydrogens (tertiary/aromatic N) is 1. The predicted molar refractivity (Wildman–Crippen MR) is 122 cm³/mol. The summed E-state index contributed by atoms with van der Waals surface area (Å²) < 4.78 is 6.94. The van der Waals surface area contributed by atoms with Crippen molar-refractivity contribution in [3.05, 3.63) is 106 Å². The van der Waals surface area contributed by atoms with Crippen LogP contribution in [0.25, 0.3) is 6.08 Å². The molecule has 0 bridgehead atoms. The normalized spacial score (nSPS) is 12.0. The highest BCUT2D eigenvalue weighted by atomic mass is 79.9. The number of nitrogens with one attached hydrogen (secondary N) is 1. The van der Waals surface area contributed by atoms with Crippen LogP contribution in [0.2, 0.25) is 0 Å². The van der Waals surface area contributed by atoms with Gasteiger partial charge >= 0.3 is 0 Å². The number of ether oxygens (including phenoxy) is 1. The molecule has 3 aromatic rings. The predicted octanol–water partition coefficient (Wildman–Crippen LogP) is 5.81. The molecule has 5 heteroatoms. The van der Waals surface area contributed by atoms with Crippen LogP contribution in [0.5, 0.6) is 5.75 Å². The third-order valence-electron chi connectivity index (χ3n) is 4.54. The van der Waals surface area contributed by atoms with Gasteiger partial charge in [0, 0.05) is 10.0 Å². The Morgan fingerprint density at radius 1 is 1.07 bits per heavy atom. The molecule has 1 atom stereocenters. The van der Waals surface area contributed by atoms with E-state index in [0.29, 0.717) is 17.9 Å². The van der Waals surface area contributed by atoms with Crippen LogP contribution >= 0.6 is 15.9 Å². The van der Waals surface area contributed by atoms with Crippen molar-refractivity contribution in [3.8, 4) is 11.8 Å². The standard InChI is InChI=1S/C25H21BrN2O2/c1-18(20-7-3-2-4-8-20)28-25(29)22(16-27)15-21-9-5-6-10-24(21)30-17-19-11-13-23(26)14-12-19/h2-15,18H,17H2,1H3,(H,28,29)/b22-15+/t18-/m1/s1. The average Bonchev–Trinajstić information content (AvgIpc) is 2.78. The first-order valence-corrected chi connectivity index (χ1v) is 10.3. The van der Waals surface area contributed by atoms with E-state index in [-0.39, 0.29) is 11.6 Å². The van der Waals surface area contributed by atoms with Crippen molar-refractivity contribution in [2.75, 3.05) is 0 Å². The van der Waals surface area contributed by atoms with Gasteiger partial charge in [0.2, 0.25) is 0 Å². The van der Waals surface area contributed by atoms with E-state index in [2.05, 4.69) is 21.2 Å². The van der Waals surface area contributed by atoms with Gasteiger partial charge in [0.1, 0.15) is 24.0 Å². The van der Waals surface area contributed by atoms with Gasteiger partial charge in [-0.25, -0.2) is 0 Å². The maximum Gasteiger partial charge on any atom is 0.262 e. The maximum atomic E-state index is 12.6. The molecule has 3 rings (SSSR count). The SMILES string of the molecule is C[C@@H](NC(=O)/C(C#N)=C/c1ccccc1OCc1ccc(Br)cc1)c1ccccc1. The second kappa shape index (κ2) is 10.4. The first-order valence-electron chi connectivity index (χ1n) is 9.50. The van der Waals surface area contributed by atoms with Crippen LogP contribution in [-0.4, -0.2) is 5.91 Å². The minimum absolute atomic E-state index is 0.0254. The molecule has 0 aromatic heterocycles. The number of halogens is 1. The van der Waals surface area contributed by atoms with Gasteiger partial charge in [-0.1, -0.05) is 76.6 Å². The smallest absolute Gasteiger partial charge is 0.262 e. The molecule has 1 N–H and O–H groups in total. The quantitative estimate of drug-likeness (QED) is 0.357. The fourth-order valence-electron chi connectivity index (χ4n) is 2.88. The zero-order chi connectivity index (χ0) is 21.3. The second-order valence-electron chi connectivity index (χ2n) is 6.73. The summed E-state index contributed by atoms with van der Waals surface area (Å²) in [6.07, 6.45) is 1.56. The molecule has 0 aliphatic carbocycles. The van der Waals surface area contributed by atoms with Gasteiger partial charge in [-0.2, -0.15) is 5.26 Å². The summed E-state index contributed by atoms with van der Waals surface area (Å²) >= 11 is 3.42. The van der Waals surface area contributed by atoms with E-state index in [0.717, 1.165) is 15.6 Å². The first-order chi connectivity index (χ1) is 14.6. The van der Waals surface area contributed by atoms with Crippen LogP contribution in [0.1, 0.15) is 29.7 Å². The molecule has 4 nitrogen and oxygen atoms in total. The number of rotatable bonds is 7. The molecule has 0 radical (unpaired) electrons. The Morgan fingerprint density at radius 2 is 1.73 bits per heavy atom. The molecular formula is C25H21BrN2O2. The number of hydrogen-bond donors (Lipinski definition) is 1. The molecule has 3 aromatic carbocycles. The van der Waals surface area contributed by atoms with Gasteiger partial charge in [0.25, 0.3) is 5.91 Å². The van der Waals surface area contributed by atoms with Crippen LogP contribution in [0.4, 0.5) is 0 Å². The van der Waals surface area contributed by atoms with Gasteiger partial charge in [-0.05, 0) is 42.3 Å². The van der Waals surface area contributed by atoms with Crippen molar-refractivity contribution in [1.82, 2.24) is 5.32 Å². The zero-order valence-electron chi connectivity index (χ0n) is 16.5. The summed E-state index contributed by atoms with van der Waals surface area (Å²) in [5.74, 6) is 0.189. The van der Waals surface area contributed by atoms with Gasteiger partial charge in [-0.15, -0.1) is 0 Å². The highest BCUT2D eigenvalue weighted by Gasteiger charge is 2.14. The first kappa shape index (κ1) is 21.4. The van der Waals surface area contributed by atoms with Gasteiger partial charge < -0.3 is 10.1 Å². The van der Waals surface area contributed by atoms with E-state index < -0.39 is 5.91 Å². The summed E-state index contributed by atoms with van der Waals surface area (Å²) in [4.78, 5) is 12.6. The molecule has 150 valence electrons. The third-order valence-corrected chi connectivity index (χ3v) is 5.07. The van der Waals surface area contributed by atoms with Crippen LogP contribution in [-0.2, 0) is 11.4 Å². The summed E-state index contributed by atoms with van der Waals surface area (Å²) in [7, 11) is 0.